The number of nitro benzene ring substituents is 1. The van der Waals surface area contributed by atoms with E-state index in [1.54, 1.807) is 18.2 Å². The quantitative estimate of drug-likeness (QED) is 0.439. The highest BCUT2D eigenvalue weighted by Gasteiger charge is 2.20. The molecule has 2 aromatic rings. The number of rotatable bonds is 7. The Balaban J connectivity index is 1.78. The average Bonchev–Trinajstić information content (AvgIpc) is 2.75. The molecule has 1 amide bonds. The highest BCUT2D eigenvalue weighted by atomic mass is 16.6. The second kappa shape index (κ2) is 9.79. The van der Waals surface area contributed by atoms with Crippen LogP contribution in [0.5, 0.6) is 0 Å². The number of non-ortho nitro benzene ring substituents is 1. The lowest BCUT2D eigenvalue weighted by Crippen LogP contribution is -2.30. The molecule has 1 atom stereocenters. The van der Waals surface area contributed by atoms with E-state index in [0.717, 1.165) is 31.6 Å². The van der Waals surface area contributed by atoms with Gasteiger partial charge in [-0.3, -0.25) is 14.9 Å². The Morgan fingerprint density at radius 2 is 1.93 bits per heavy atom. The number of carbonyl (C=O) groups excluding carboxylic acids is 1. The minimum absolute atomic E-state index is 0.0161. The molecule has 8 nitrogen and oxygen atoms in total. The van der Waals surface area contributed by atoms with Gasteiger partial charge in [0.25, 0.3) is 11.6 Å². The molecule has 1 saturated heterocycles. The highest BCUT2D eigenvalue weighted by molar-refractivity contribution is 5.90. The van der Waals surface area contributed by atoms with E-state index in [1.807, 2.05) is 18.2 Å². The summed E-state index contributed by atoms with van der Waals surface area (Å²) >= 11 is 0. The van der Waals surface area contributed by atoms with E-state index in [-0.39, 0.29) is 5.69 Å². The van der Waals surface area contributed by atoms with Crippen LogP contribution in [0.3, 0.4) is 0 Å². The second-order valence-electron chi connectivity index (χ2n) is 6.81. The third-order valence-electron chi connectivity index (χ3n) is 4.87. The van der Waals surface area contributed by atoms with Crippen molar-refractivity contribution >= 4 is 23.5 Å². The van der Waals surface area contributed by atoms with Crippen molar-refractivity contribution in [2.24, 2.45) is 5.10 Å². The lowest BCUT2D eigenvalue weighted by Gasteiger charge is -2.29. The van der Waals surface area contributed by atoms with Crippen LogP contribution in [0.25, 0.3) is 0 Å². The van der Waals surface area contributed by atoms with Crippen LogP contribution in [0.1, 0.15) is 36.5 Å². The van der Waals surface area contributed by atoms with Crippen LogP contribution in [0.15, 0.2) is 53.6 Å². The van der Waals surface area contributed by atoms with Gasteiger partial charge < -0.3 is 9.64 Å². The van der Waals surface area contributed by atoms with Crippen LogP contribution < -0.4 is 10.3 Å². The molecular weight excluding hydrogens is 372 g/mol. The molecule has 2 aromatic carbocycles. The Kier molecular flexibility index (Phi) is 6.91. The van der Waals surface area contributed by atoms with Crippen molar-refractivity contribution in [2.45, 2.75) is 25.4 Å². The lowest BCUT2D eigenvalue weighted by molar-refractivity contribution is -0.384. The Labute approximate surface area is 169 Å². The van der Waals surface area contributed by atoms with E-state index in [1.165, 1.54) is 31.9 Å². The Hall–Kier alpha value is -3.26. The number of piperidine rings is 1. The van der Waals surface area contributed by atoms with Crippen molar-refractivity contribution < 1.29 is 14.5 Å². The Bertz CT molecular complexity index is 880. The van der Waals surface area contributed by atoms with Gasteiger partial charge in [-0.05, 0) is 30.9 Å². The molecule has 0 unspecified atom stereocenters. The number of amides is 1. The van der Waals surface area contributed by atoms with Gasteiger partial charge >= 0.3 is 0 Å². The average molecular weight is 396 g/mol. The summed E-state index contributed by atoms with van der Waals surface area (Å²) in [6.45, 7) is 1.79. The molecule has 152 valence electrons. The first-order valence-corrected chi connectivity index (χ1v) is 9.54. The zero-order chi connectivity index (χ0) is 20.6. The number of nitrogens with one attached hydrogen (secondary N) is 1. The van der Waals surface area contributed by atoms with Gasteiger partial charge in [0.05, 0.1) is 11.1 Å². The number of hydrogen-bond donors (Lipinski definition) is 1. The SMILES string of the molecule is CO[C@@H](C(=O)N/N=C\c1cc([N+](=O)[O-])ccc1N1CCCCC1)c1ccccc1. The fourth-order valence-corrected chi connectivity index (χ4v) is 3.43. The number of methoxy groups -OCH3 is 1. The molecule has 0 saturated carbocycles. The summed E-state index contributed by atoms with van der Waals surface area (Å²) in [5.41, 5.74) is 4.64. The van der Waals surface area contributed by atoms with E-state index in [9.17, 15) is 14.9 Å². The molecule has 0 bridgehead atoms. The van der Waals surface area contributed by atoms with Gasteiger partial charge in [0.15, 0.2) is 6.10 Å². The largest absolute Gasteiger partial charge is 0.371 e. The fraction of sp³-hybridized carbons (Fsp3) is 0.333. The summed E-state index contributed by atoms with van der Waals surface area (Å²) in [6, 6.07) is 13.8. The minimum atomic E-state index is -0.792. The van der Waals surface area contributed by atoms with E-state index in [2.05, 4.69) is 15.4 Å². The van der Waals surface area contributed by atoms with Crippen molar-refractivity contribution in [2.75, 3.05) is 25.1 Å². The second-order valence-corrected chi connectivity index (χ2v) is 6.81. The van der Waals surface area contributed by atoms with E-state index in [4.69, 9.17) is 4.74 Å². The van der Waals surface area contributed by atoms with E-state index >= 15 is 0 Å². The molecule has 29 heavy (non-hydrogen) atoms. The van der Waals surface area contributed by atoms with Gasteiger partial charge in [-0.1, -0.05) is 30.3 Å². The number of anilines is 1. The van der Waals surface area contributed by atoms with Crippen molar-refractivity contribution in [3.63, 3.8) is 0 Å². The summed E-state index contributed by atoms with van der Waals surface area (Å²) in [6.07, 6.45) is 4.00. The third-order valence-corrected chi connectivity index (χ3v) is 4.87. The molecule has 0 spiro atoms. The first-order chi connectivity index (χ1) is 14.1. The van der Waals surface area contributed by atoms with E-state index < -0.39 is 16.9 Å². The smallest absolute Gasteiger partial charge is 0.273 e. The summed E-state index contributed by atoms with van der Waals surface area (Å²) in [5, 5.41) is 15.2. The topological polar surface area (TPSA) is 97.1 Å². The number of ether oxygens (including phenoxy) is 1. The predicted octanol–water partition coefficient (Wildman–Crippen LogP) is 3.42. The zero-order valence-electron chi connectivity index (χ0n) is 16.3. The molecule has 8 heteroatoms. The van der Waals surface area contributed by atoms with Gasteiger partial charge in [-0.15, -0.1) is 0 Å². The lowest BCUT2D eigenvalue weighted by atomic mass is 10.1. The molecule has 0 aliphatic carbocycles. The number of hydrazone groups is 1. The van der Waals surface area contributed by atoms with E-state index in [0.29, 0.717) is 11.1 Å². The van der Waals surface area contributed by atoms with Crippen LogP contribution in [0, 0.1) is 10.1 Å². The van der Waals surface area contributed by atoms with Crippen molar-refractivity contribution in [1.29, 1.82) is 0 Å². The van der Waals surface area contributed by atoms with Crippen molar-refractivity contribution in [3.8, 4) is 0 Å². The zero-order valence-corrected chi connectivity index (χ0v) is 16.3. The summed E-state index contributed by atoms with van der Waals surface area (Å²) in [5.74, 6) is -0.417. The maximum atomic E-state index is 12.5. The molecule has 1 fully saturated rings. The predicted molar refractivity (Wildman–Crippen MR) is 111 cm³/mol. The van der Waals surface area contributed by atoms with Crippen LogP contribution in [0.2, 0.25) is 0 Å². The number of hydrogen-bond acceptors (Lipinski definition) is 6. The maximum Gasteiger partial charge on any atom is 0.273 e. The Morgan fingerprint density at radius 3 is 2.59 bits per heavy atom. The van der Waals surface area contributed by atoms with Crippen molar-refractivity contribution in [3.05, 3.63) is 69.8 Å². The molecule has 1 N–H and O–H groups in total. The number of benzene rings is 2. The monoisotopic (exact) mass is 396 g/mol. The molecule has 0 radical (unpaired) electrons. The number of carbonyl (C=O) groups is 1. The summed E-state index contributed by atoms with van der Waals surface area (Å²) < 4.78 is 5.29. The normalized spacial score (nSPS) is 15.3. The first-order valence-electron chi connectivity index (χ1n) is 9.54. The summed E-state index contributed by atoms with van der Waals surface area (Å²) in [4.78, 5) is 25.4. The van der Waals surface area contributed by atoms with Gasteiger partial charge in [0, 0.05) is 43.6 Å². The van der Waals surface area contributed by atoms with Gasteiger partial charge in [-0.25, -0.2) is 5.43 Å². The van der Waals surface area contributed by atoms with Crippen molar-refractivity contribution in [1.82, 2.24) is 5.43 Å². The highest BCUT2D eigenvalue weighted by Crippen LogP contribution is 2.27. The number of nitrogens with zero attached hydrogens (tertiary/aromatic N) is 3. The van der Waals surface area contributed by atoms with Crippen LogP contribution >= 0.6 is 0 Å². The standard InChI is InChI=1S/C21H24N4O4/c1-29-20(16-8-4-2-5-9-16)21(26)23-22-15-17-14-18(25(27)28)10-11-19(17)24-12-6-3-7-13-24/h2,4-5,8-11,14-15,20H,3,6-7,12-13H2,1H3,(H,23,26)/b22-15-/t20-/m1/s1. The summed E-state index contributed by atoms with van der Waals surface area (Å²) in [7, 11) is 1.45. The number of nitro groups is 1. The fourth-order valence-electron chi connectivity index (χ4n) is 3.43. The molecular formula is C21H24N4O4. The first kappa shape index (κ1) is 20.5. The third kappa shape index (κ3) is 5.17. The minimum Gasteiger partial charge on any atom is -0.371 e. The Morgan fingerprint density at radius 1 is 1.21 bits per heavy atom. The molecule has 3 rings (SSSR count). The van der Waals surface area contributed by atoms with Crippen LogP contribution in [-0.4, -0.2) is 37.2 Å². The molecule has 1 aliphatic heterocycles. The van der Waals surface area contributed by atoms with Crippen LogP contribution in [0.4, 0.5) is 11.4 Å². The van der Waals surface area contributed by atoms with Gasteiger partial charge in [0.1, 0.15) is 0 Å². The van der Waals surface area contributed by atoms with Crippen LogP contribution in [-0.2, 0) is 9.53 Å². The van der Waals surface area contributed by atoms with Gasteiger partial charge in [-0.2, -0.15) is 5.10 Å². The molecule has 1 heterocycles. The molecule has 1 aliphatic rings. The maximum absolute atomic E-state index is 12.5. The molecule has 0 aromatic heterocycles. The van der Waals surface area contributed by atoms with Gasteiger partial charge in [0.2, 0.25) is 0 Å².